The van der Waals surface area contributed by atoms with Crippen molar-refractivity contribution in [2.75, 3.05) is 44.3 Å². The highest BCUT2D eigenvalue weighted by molar-refractivity contribution is 6.31. The SMILES string of the molecule is Cc1cc(N2C[C@H]3C[C@@H](N4CCOCC4)[C@H](O)C[C@H]3C2)nc2cc(Cl)ccc12. The summed E-state index contributed by atoms with van der Waals surface area (Å²) in [6.45, 7) is 7.60. The Balaban J connectivity index is 1.36. The smallest absolute Gasteiger partial charge is 0.129 e. The number of benzene rings is 1. The number of aromatic nitrogens is 1. The number of aliphatic hydroxyl groups is 1. The van der Waals surface area contributed by atoms with Gasteiger partial charge in [-0.1, -0.05) is 17.7 Å². The maximum absolute atomic E-state index is 10.8. The van der Waals surface area contributed by atoms with E-state index in [0.29, 0.717) is 11.8 Å². The highest BCUT2D eigenvalue weighted by atomic mass is 35.5. The monoisotopic (exact) mass is 401 g/mol. The second kappa shape index (κ2) is 7.45. The van der Waals surface area contributed by atoms with Gasteiger partial charge in [0.1, 0.15) is 5.82 Å². The standard InChI is InChI=1S/C22H28ClN3O2/c1-14-8-22(24-19-11-17(23)2-3-18(14)19)26-12-15-9-20(21(27)10-16(15)13-26)25-4-6-28-7-5-25/h2-3,8,11,15-16,20-21,27H,4-7,9-10,12-13H2,1H3/t15-,16+,20-,21-/m1/s1. The van der Waals surface area contributed by atoms with Crippen molar-refractivity contribution in [3.8, 4) is 0 Å². The maximum Gasteiger partial charge on any atom is 0.129 e. The average molecular weight is 402 g/mol. The normalized spacial score (nSPS) is 31.3. The van der Waals surface area contributed by atoms with Gasteiger partial charge in [-0.2, -0.15) is 0 Å². The molecule has 0 spiro atoms. The van der Waals surface area contributed by atoms with Crippen molar-refractivity contribution in [1.29, 1.82) is 0 Å². The van der Waals surface area contributed by atoms with Crippen molar-refractivity contribution in [3.63, 3.8) is 0 Å². The van der Waals surface area contributed by atoms with Gasteiger partial charge in [-0.15, -0.1) is 0 Å². The number of halogens is 1. The Bertz CT molecular complexity index is 870. The first-order chi connectivity index (χ1) is 13.6. The molecule has 1 aromatic heterocycles. The second-order valence-corrected chi connectivity index (χ2v) is 9.07. The number of morpholine rings is 1. The van der Waals surface area contributed by atoms with Crippen LogP contribution in [0.5, 0.6) is 0 Å². The van der Waals surface area contributed by atoms with Gasteiger partial charge in [0.15, 0.2) is 0 Å². The number of hydrogen-bond acceptors (Lipinski definition) is 5. The molecular formula is C22H28ClN3O2. The van der Waals surface area contributed by atoms with E-state index < -0.39 is 0 Å². The van der Waals surface area contributed by atoms with Gasteiger partial charge in [0.25, 0.3) is 0 Å². The summed E-state index contributed by atoms with van der Waals surface area (Å²) in [5.41, 5.74) is 2.20. The molecule has 1 aromatic carbocycles. The van der Waals surface area contributed by atoms with Crippen LogP contribution in [0.4, 0.5) is 5.82 Å². The van der Waals surface area contributed by atoms with Crippen molar-refractivity contribution in [2.24, 2.45) is 11.8 Å². The van der Waals surface area contributed by atoms with Crippen molar-refractivity contribution >= 4 is 28.3 Å². The molecule has 3 aliphatic rings. The third-order valence-electron chi connectivity index (χ3n) is 6.91. The van der Waals surface area contributed by atoms with Crippen molar-refractivity contribution < 1.29 is 9.84 Å². The number of pyridine rings is 1. The summed E-state index contributed by atoms with van der Waals surface area (Å²) in [5.74, 6) is 2.21. The lowest BCUT2D eigenvalue weighted by Gasteiger charge is -2.43. The van der Waals surface area contributed by atoms with Gasteiger partial charge in [0, 0.05) is 42.6 Å². The van der Waals surface area contributed by atoms with Gasteiger partial charge in [0.2, 0.25) is 0 Å². The quantitative estimate of drug-likeness (QED) is 0.837. The van der Waals surface area contributed by atoms with E-state index in [1.54, 1.807) is 0 Å². The first-order valence-corrected chi connectivity index (χ1v) is 10.8. The average Bonchev–Trinajstić information content (AvgIpc) is 3.10. The summed E-state index contributed by atoms with van der Waals surface area (Å²) in [6, 6.07) is 8.40. The molecule has 28 heavy (non-hydrogen) atoms. The molecule has 1 aliphatic carbocycles. The summed E-state index contributed by atoms with van der Waals surface area (Å²) in [7, 11) is 0. The van der Waals surface area contributed by atoms with Crippen LogP contribution in [0.3, 0.4) is 0 Å². The molecule has 5 rings (SSSR count). The molecule has 3 heterocycles. The molecule has 2 aliphatic heterocycles. The zero-order chi connectivity index (χ0) is 19.3. The van der Waals surface area contributed by atoms with Crippen LogP contribution in [0.15, 0.2) is 24.3 Å². The molecule has 5 nitrogen and oxygen atoms in total. The lowest BCUT2D eigenvalue weighted by atomic mass is 9.77. The Morgan fingerprint density at radius 1 is 1.11 bits per heavy atom. The van der Waals surface area contributed by atoms with Crippen LogP contribution in [0.1, 0.15) is 18.4 Å². The minimum Gasteiger partial charge on any atom is -0.391 e. The fraction of sp³-hybridized carbons (Fsp3) is 0.591. The molecule has 0 amide bonds. The molecule has 1 saturated carbocycles. The topological polar surface area (TPSA) is 48.8 Å². The molecule has 3 fully saturated rings. The number of rotatable bonds is 2. The van der Waals surface area contributed by atoms with Crippen LogP contribution in [-0.2, 0) is 4.74 Å². The van der Waals surface area contributed by atoms with Crippen molar-refractivity contribution in [2.45, 2.75) is 31.9 Å². The minimum absolute atomic E-state index is 0.232. The Kier molecular flexibility index (Phi) is 4.95. The Hall–Kier alpha value is -1.40. The summed E-state index contributed by atoms with van der Waals surface area (Å²) >= 11 is 6.19. The maximum atomic E-state index is 10.8. The van der Waals surface area contributed by atoms with E-state index in [-0.39, 0.29) is 12.1 Å². The van der Waals surface area contributed by atoms with E-state index >= 15 is 0 Å². The summed E-state index contributed by atoms with van der Waals surface area (Å²) < 4.78 is 5.49. The van der Waals surface area contributed by atoms with Gasteiger partial charge in [0.05, 0.1) is 24.8 Å². The van der Waals surface area contributed by atoms with Crippen LogP contribution in [0, 0.1) is 18.8 Å². The Morgan fingerprint density at radius 2 is 1.86 bits per heavy atom. The van der Waals surface area contributed by atoms with Crippen molar-refractivity contribution in [3.05, 3.63) is 34.9 Å². The number of ether oxygens (including phenoxy) is 1. The van der Waals surface area contributed by atoms with Crippen LogP contribution >= 0.6 is 11.6 Å². The zero-order valence-corrected chi connectivity index (χ0v) is 17.1. The van der Waals surface area contributed by atoms with Crippen LogP contribution in [-0.4, -0.2) is 66.5 Å². The van der Waals surface area contributed by atoms with Gasteiger partial charge >= 0.3 is 0 Å². The largest absolute Gasteiger partial charge is 0.391 e. The molecule has 0 bridgehead atoms. The van der Waals surface area contributed by atoms with E-state index in [1.807, 2.05) is 12.1 Å². The molecule has 6 heteroatoms. The minimum atomic E-state index is -0.232. The fourth-order valence-electron chi connectivity index (χ4n) is 5.42. The molecule has 0 radical (unpaired) electrons. The summed E-state index contributed by atoms with van der Waals surface area (Å²) in [4.78, 5) is 9.77. The first kappa shape index (κ1) is 18.6. The van der Waals surface area contributed by atoms with E-state index in [4.69, 9.17) is 21.3 Å². The number of anilines is 1. The lowest BCUT2D eigenvalue weighted by Crippen LogP contribution is -2.53. The molecule has 1 N–H and O–H groups in total. The molecule has 2 aromatic rings. The molecule has 4 atom stereocenters. The number of aryl methyl sites for hydroxylation is 1. The van der Waals surface area contributed by atoms with Crippen molar-refractivity contribution in [1.82, 2.24) is 9.88 Å². The lowest BCUT2D eigenvalue weighted by molar-refractivity contribution is -0.0520. The molecule has 0 unspecified atom stereocenters. The molecule has 150 valence electrons. The Morgan fingerprint density at radius 3 is 2.64 bits per heavy atom. The number of aliphatic hydroxyl groups excluding tert-OH is 1. The third kappa shape index (κ3) is 3.39. The Labute approximate surface area is 171 Å². The summed E-state index contributed by atoms with van der Waals surface area (Å²) in [5, 5.41) is 12.7. The van der Waals surface area contributed by atoms with Gasteiger partial charge in [-0.25, -0.2) is 4.98 Å². The third-order valence-corrected chi connectivity index (χ3v) is 7.15. The van der Waals surface area contributed by atoms with Crippen LogP contribution in [0.2, 0.25) is 5.02 Å². The number of nitrogens with zero attached hydrogens (tertiary/aromatic N) is 3. The van der Waals surface area contributed by atoms with Gasteiger partial charge in [-0.05, 0) is 55.4 Å². The second-order valence-electron chi connectivity index (χ2n) is 8.64. The van der Waals surface area contributed by atoms with E-state index in [1.165, 1.54) is 5.56 Å². The van der Waals surface area contributed by atoms with E-state index in [0.717, 1.165) is 74.0 Å². The van der Waals surface area contributed by atoms with Crippen LogP contribution < -0.4 is 4.90 Å². The van der Waals surface area contributed by atoms with Gasteiger partial charge in [-0.3, -0.25) is 4.90 Å². The molecular weight excluding hydrogens is 374 g/mol. The fourth-order valence-corrected chi connectivity index (χ4v) is 5.58. The van der Waals surface area contributed by atoms with E-state index in [9.17, 15) is 5.11 Å². The first-order valence-electron chi connectivity index (χ1n) is 10.4. The van der Waals surface area contributed by atoms with E-state index in [2.05, 4.69) is 28.9 Å². The number of hydrogen-bond donors (Lipinski definition) is 1. The predicted molar refractivity (Wildman–Crippen MR) is 112 cm³/mol. The number of fused-ring (bicyclic) bond motifs is 2. The highest BCUT2D eigenvalue weighted by Gasteiger charge is 2.44. The zero-order valence-electron chi connectivity index (χ0n) is 16.4. The van der Waals surface area contributed by atoms with Gasteiger partial charge < -0.3 is 14.7 Å². The highest BCUT2D eigenvalue weighted by Crippen LogP contribution is 2.40. The van der Waals surface area contributed by atoms with Crippen LogP contribution in [0.25, 0.3) is 10.9 Å². The predicted octanol–water partition coefficient (Wildman–Crippen LogP) is 3.10. The summed E-state index contributed by atoms with van der Waals surface area (Å²) in [6.07, 6.45) is 1.73. The molecule has 2 saturated heterocycles.